The van der Waals surface area contributed by atoms with Gasteiger partial charge >= 0.3 is 0 Å². The summed E-state index contributed by atoms with van der Waals surface area (Å²) in [5.41, 5.74) is 0. The normalized spacial score (nSPS) is 12.4. The highest BCUT2D eigenvalue weighted by molar-refractivity contribution is 5.72. The van der Waals surface area contributed by atoms with Crippen LogP contribution in [0.1, 0.15) is 46.5 Å². The van der Waals surface area contributed by atoms with Crippen molar-refractivity contribution in [1.29, 1.82) is 0 Å². The van der Waals surface area contributed by atoms with Gasteiger partial charge in [-0.25, -0.2) is 0 Å². The smallest absolute Gasteiger partial charge is 0.216 e. The molecule has 0 fully saturated rings. The second-order valence-corrected chi connectivity index (χ2v) is 4.56. The summed E-state index contributed by atoms with van der Waals surface area (Å²) in [7, 11) is 0. The van der Waals surface area contributed by atoms with Gasteiger partial charge in [0.25, 0.3) is 0 Å². The quantitative estimate of drug-likeness (QED) is 0.479. The predicted octanol–water partition coefficient (Wildman–Crippen LogP) is 1.27. The van der Waals surface area contributed by atoms with Gasteiger partial charge in [0.2, 0.25) is 5.91 Å². The summed E-state index contributed by atoms with van der Waals surface area (Å²) in [5.74, 6) is 0.0566. The third-order valence-electron chi connectivity index (χ3n) is 2.79. The number of unbranched alkanes of at least 4 members (excludes halogenated alkanes) is 1. The van der Waals surface area contributed by atoms with Crippen LogP contribution in [0.3, 0.4) is 0 Å². The maximum absolute atomic E-state index is 10.6. The van der Waals surface area contributed by atoms with Crippen molar-refractivity contribution in [3.63, 3.8) is 0 Å². The lowest BCUT2D eigenvalue weighted by Crippen LogP contribution is -2.27. The van der Waals surface area contributed by atoms with E-state index in [1.54, 1.807) is 6.92 Å². The summed E-state index contributed by atoms with van der Waals surface area (Å²) >= 11 is 0. The standard InChI is InChI=1S/C13H29N3O/c1-4-12(2)15-10-6-5-8-14-9-7-11-16-13(3)17/h12,14-15H,4-11H2,1-3H3,(H,16,17). The Hall–Kier alpha value is -0.610. The first-order valence-electron chi connectivity index (χ1n) is 6.85. The minimum atomic E-state index is 0.0566. The SMILES string of the molecule is CCC(C)NCCCCNCCCNC(C)=O. The minimum Gasteiger partial charge on any atom is -0.356 e. The van der Waals surface area contributed by atoms with Gasteiger partial charge in [-0.05, 0) is 52.2 Å². The second-order valence-electron chi connectivity index (χ2n) is 4.56. The molecule has 4 heteroatoms. The van der Waals surface area contributed by atoms with Crippen LogP contribution in [0.25, 0.3) is 0 Å². The zero-order chi connectivity index (χ0) is 12.9. The van der Waals surface area contributed by atoms with Crippen LogP contribution in [0, 0.1) is 0 Å². The van der Waals surface area contributed by atoms with Gasteiger partial charge in [0, 0.05) is 19.5 Å². The molecular weight excluding hydrogens is 214 g/mol. The van der Waals surface area contributed by atoms with Crippen LogP contribution in [0.2, 0.25) is 0 Å². The Morgan fingerprint density at radius 1 is 1.06 bits per heavy atom. The van der Waals surface area contributed by atoms with Crippen molar-refractivity contribution >= 4 is 5.91 Å². The maximum Gasteiger partial charge on any atom is 0.216 e. The van der Waals surface area contributed by atoms with Gasteiger partial charge in [-0.15, -0.1) is 0 Å². The van der Waals surface area contributed by atoms with E-state index in [1.807, 2.05) is 0 Å². The highest BCUT2D eigenvalue weighted by atomic mass is 16.1. The van der Waals surface area contributed by atoms with Crippen LogP contribution in [0.4, 0.5) is 0 Å². The summed E-state index contributed by atoms with van der Waals surface area (Å²) in [6.07, 6.45) is 4.64. The van der Waals surface area contributed by atoms with E-state index in [0.29, 0.717) is 6.04 Å². The fourth-order valence-electron chi connectivity index (χ4n) is 1.47. The molecule has 0 aliphatic carbocycles. The molecule has 1 atom stereocenters. The van der Waals surface area contributed by atoms with Gasteiger partial charge in [0.1, 0.15) is 0 Å². The number of amides is 1. The first-order valence-corrected chi connectivity index (χ1v) is 6.85. The molecule has 1 amide bonds. The van der Waals surface area contributed by atoms with Gasteiger partial charge in [-0.1, -0.05) is 6.92 Å². The molecule has 0 aliphatic rings. The minimum absolute atomic E-state index is 0.0566. The van der Waals surface area contributed by atoms with Crippen LogP contribution in [0.5, 0.6) is 0 Å². The third kappa shape index (κ3) is 13.3. The molecule has 3 N–H and O–H groups in total. The van der Waals surface area contributed by atoms with Gasteiger partial charge in [-0.3, -0.25) is 4.79 Å². The van der Waals surface area contributed by atoms with E-state index in [9.17, 15) is 4.79 Å². The molecular formula is C13H29N3O. The Balaban J connectivity index is 3.01. The van der Waals surface area contributed by atoms with Crippen LogP contribution in [-0.4, -0.2) is 38.1 Å². The van der Waals surface area contributed by atoms with Crippen LogP contribution >= 0.6 is 0 Å². The average molecular weight is 243 g/mol. The van der Waals surface area contributed by atoms with Crippen LogP contribution < -0.4 is 16.0 Å². The van der Waals surface area contributed by atoms with E-state index in [1.165, 1.54) is 19.3 Å². The average Bonchev–Trinajstić information content (AvgIpc) is 2.30. The van der Waals surface area contributed by atoms with Crippen molar-refractivity contribution in [3.8, 4) is 0 Å². The summed E-state index contributed by atoms with van der Waals surface area (Å²) in [5, 5.41) is 9.65. The maximum atomic E-state index is 10.6. The molecule has 0 aromatic carbocycles. The van der Waals surface area contributed by atoms with Crippen molar-refractivity contribution in [2.45, 2.75) is 52.5 Å². The number of carbonyl (C=O) groups excluding carboxylic acids is 1. The summed E-state index contributed by atoms with van der Waals surface area (Å²) < 4.78 is 0. The Kier molecular flexibility index (Phi) is 11.4. The molecule has 4 nitrogen and oxygen atoms in total. The van der Waals surface area contributed by atoms with Crippen molar-refractivity contribution < 1.29 is 4.79 Å². The molecule has 1 unspecified atom stereocenters. The summed E-state index contributed by atoms with van der Waals surface area (Å²) in [6, 6.07) is 0.639. The van der Waals surface area contributed by atoms with Gasteiger partial charge in [-0.2, -0.15) is 0 Å². The van der Waals surface area contributed by atoms with E-state index in [-0.39, 0.29) is 5.91 Å². The monoisotopic (exact) mass is 243 g/mol. The molecule has 0 aromatic rings. The highest BCUT2D eigenvalue weighted by Gasteiger charge is 1.96. The summed E-state index contributed by atoms with van der Waals surface area (Å²) in [6.45, 7) is 9.92. The fourth-order valence-corrected chi connectivity index (χ4v) is 1.47. The molecule has 0 radical (unpaired) electrons. The van der Waals surface area contributed by atoms with E-state index < -0.39 is 0 Å². The van der Waals surface area contributed by atoms with Gasteiger partial charge in [0.15, 0.2) is 0 Å². The number of carbonyl (C=O) groups is 1. The molecule has 0 bridgehead atoms. The zero-order valence-corrected chi connectivity index (χ0v) is 11.6. The number of hydrogen-bond acceptors (Lipinski definition) is 3. The third-order valence-corrected chi connectivity index (χ3v) is 2.79. The van der Waals surface area contributed by atoms with Gasteiger partial charge in [0.05, 0.1) is 0 Å². The summed E-state index contributed by atoms with van der Waals surface area (Å²) in [4.78, 5) is 10.6. The number of rotatable bonds is 11. The van der Waals surface area contributed by atoms with Crippen molar-refractivity contribution in [3.05, 3.63) is 0 Å². The predicted molar refractivity (Wildman–Crippen MR) is 73.2 cm³/mol. The lowest BCUT2D eigenvalue weighted by atomic mass is 10.2. The molecule has 0 saturated carbocycles. The number of nitrogens with one attached hydrogen (secondary N) is 3. The topological polar surface area (TPSA) is 53.2 Å². The fraction of sp³-hybridized carbons (Fsp3) is 0.923. The van der Waals surface area contributed by atoms with Crippen LogP contribution in [0.15, 0.2) is 0 Å². The molecule has 0 saturated heterocycles. The van der Waals surface area contributed by atoms with Crippen molar-refractivity contribution in [2.24, 2.45) is 0 Å². The first kappa shape index (κ1) is 16.4. The van der Waals surface area contributed by atoms with E-state index >= 15 is 0 Å². The lowest BCUT2D eigenvalue weighted by molar-refractivity contribution is -0.118. The zero-order valence-electron chi connectivity index (χ0n) is 11.6. The lowest BCUT2D eigenvalue weighted by Gasteiger charge is -2.11. The largest absolute Gasteiger partial charge is 0.356 e. The molecule has 0 aromatic heterocycles. The Morgan fingerprint density at radius 3 is 2.35 bits per heavy atom. The van der Waals surface area contributed by atoms with E-state index in [0.717, 1.165) is 32.6 Å². The Labute approximate surface area is 106 Å². The van der Waals surface area contributed by atoms with Gasteiger partial charge < -0.3 is 16.0 Å². The van der Waals surface area contributed by atoms with Crippen molar-refractivity contribution in [2.75, 3.05) is 26.2 Å². The highest BCUT2D eigenvalue weighted by Crippen LogP contribution is 1.90. The molecule has 102 valence electrons. The first-order chi connectivity index (χ1) is 8.16. The molecule has 17 heavy (non-hydrogen) atoms. The molecule has 0 spiro atoms. The molecule has 0 heterocycles. The van der Waals surface area contributed by atoms with Crippen molar-refractivity contribution in [1.82, 2.24) is 16.0 Å². The van der Waals surface area contributed by atoms with E-state index in [2.05, 4.69) is 29.8 Å². The molecule has 0 rings (SSSR count). The number of hydrogen-bond donors (Lipinski definition) is 3. The second kappa shape index (κ2) is 11.9. The van der Waals surface area contributed by atoms with E-state index in [4.69, 9.17) is 0 Å². The molecule has 0 aliphatic heterocycles. The Bertz CT molecular complexity index is 186. The van der Waals surface area contributed by atoms with Crippen LogP contribution in [-0.2, 0) is 4.79 Å². The Morgan fingerprint density at radius 2 is 1.71 bits per heavy atom.